The molecule has 2 aliphatic heterocycles. The van der Waals surface area contributed by atoms with E-state index in [0.29, 0.717) is 45.1 Å². The van der Waals surface area contributed by atoms with E-state index in [-0.39, 0.29) is 10.9 Å². The molecule has 0 saturated carbocycles. The third kappa shape index (κ3) is 5.66. The summed E-state index contributed by atoms with van der Waals surface area (Å²) >= 11 is 0. The van der Waals surface area contributed by atoms with Crippen LogP contribution in [-0.2, 0) is 21.3 Å². The topological polar surface area (TPSA) is 82.2 Å². The van der Waals surface area contributed by atoms with E-state index in [2.05, 4.69) is 22.3 Å². The van der Waals surface area contributed by atoms with Crippen molar-refractivity contribution in [1.29, 1.82) is 0 Å². The minimum Gasteiger partial charge on any atom is -0.379 e. The zero-order valence-electron chi connectivity index (χ0n) is 18.2. The average Bonchev–Trinajstić information content (AvgIpc) is 3.06. The zero-order valence-corrected chi connectivity index (χ0v) is 19.0. The van der Waals surface area contributed by atoms with Crippen LogP contribution in [-0.4, -0.2) is 81.0 Å². The molecular formula is C23H30N4O4S. The summed E-state index contributed by atoms with van der Waals surface area (Å²) in [6.45, 7) is 5.38. The molecule has 0 aromatic heterocycles. The quantitative estimate of drug-likeness (QED) is 0.744. The monoisotopic (exact) mass is 458 g/mol. The predicted molar refractivity (Wildman–Crippen MR) is 123 cm³/mol. The normalized spacial score (nSPS) is 18.8. The van der Waals surface area contributed by atoms with E-state index < -0.39 is 10.0 Å². The number of carbonyl (C=O) groups excluding carboxylic acids is 1. The third-order valence-electron chi connectivity index (χ3n) is 5.82. The fraction of sp³-hybridized carbons (Fsp3) is 0.435. The molecule has 2 saturated heterocycles. The molecule has 2 amide bonds. The number of amides is 2. The zero-order chi connectivity index (χ0) is 22.4. The average molecular weight is 459 g/mol. The molecule has 0 atom stereocenters. The molecule has 8 nitrogen and oxygen atoms in total. The molecule has 2 aromatic carbocycles. The van der Waals surface area contributed by atoms with Gasteiger partial charge in [-0.3, -0.25) is 4.90 Å². The van der Waals surface area contributed by atoms with Gasteiger partial charge in [0.25, 0.3) is 0 Å². The first-order chi connectivity index (χ1) is 15.5. The number of ether oxygens (including phenoxy) is 1. The Balaban J connectivity index is 1.36. The number of urea groups is 1. The van der Waals surface area contributed by atoms with Gasteiger partial charge >= 0.3 is 6.03 Å². The molecule has 32 heavy (non-hydrogen) atoms. The highest BCUT2D eigenvalue weighted by Crippen LogP contribution is 2.21. The van der Waals surface area contributed by atoms with Crippen molar-refractivity contribution in [2.45, 2.75) is 17.9 Å². The van der Waals surface area contributed by atoms with Crippen molar-refractivity contribution >= 4 is 21.7 Å². The van der Waals surface area contributed by atoms with E-state index in [1.165, 1.54) is 15.9 Å². The van der Waals surface area contributed by atoms with Gasteiger partial charge in [0, 0.05) is 51.5 Å². The molecular weight excluding hydrogens is 428 g/mol. The van der Waals surface area contributed by atoms with Crippen LogP contribution >= 0.6 is 0 Å². The Morgan fingerprint density at radius 2 is 1.69 bits per heavy atom. The van der Waals surface area contributed by atoms with Gasteiger partial charge in [-0.1, -0.05) is 36.4 Å². The van der Waals surface area contributed by atoms with Crippen molar-refractivity contribution in [3.8, 4) is 0 Å². The van der Waals surface area contributed by atoms with Gasteiger partial charge in [0.1, 0.15) is 0 Å². The lowest BCUT2D eigenvalue weighted by Crippen LogP contribution is -2.40. The number of nitrogens with zero attached hydrogens (tertiary/aromatic N) is 3. The van der Waals surface area contributed by atoms with Crippen LogP contribution < -0.4 is 5.32 Å². The first-order valence-electron chi connectivity index (χ1n) is 11.0. The number of nitrogens with one attached hydrogen (secondary N) is 1. The number of sulfonamides is 1. The van der Waals surface area contributed by atoms with Gasteiger partial charge in [-0.2, -0.15) is 4.31 Å². The molecule has 2 aromatic rings. The smallest absolute Gasteiger partial charge is 0.321 e. The fourth-order valence-corrected chi connectivity index (χ4v) is 5.50. The number of morpholine rings is 1. The van der Waals surface area contributed by atoms with E-state index in [9.17, 15) is 13.2 Å². The number of hydrogen-bond donors (Lipinski definition) is 1. The largest absolute Gasteiger partial charge is 0.379 e. The highest BCUT2D eigenvalue weighted by molar-refractivity contribution is 7.89. The van der Waals surface area contributed by atoms with Crippen LogP contribution in [0, 0.1) is 0 Å². The van der Waals surface area contributed by atoms with Crippen LogP contribution in [0.1, 0.15) is 12.0 Å². The standard InChI is InChI=1S/C23H30N4O4S/c28-23(26-11-5-10-25(12-13-26)19-20-6-2-1-3-7-20)24-21-8-4-9-22(18-21)32(29,30)27-14-16-31-17-15-27/h1-4,6-9,18H,5,10-17,19H2,(H,24,28). The number of anilines is 1. The number of rotatable bonds is 5. The van der Waals surface area contributed by atoms with Gasteiger partial charge in [0.15, 0.2) is 0 Å². The molecule has 0 aliphatic carbocycles. The lowest BCUT2D eigenvalue weighted by molar-refractivity contribution is 0.0730. The maximum atomic E-state index is 12.9. The van der Waals surface area contributed by atoms with Gasteiger partial charge in [-0.15, -0.1) is 0 Å². The summed E-state index contributed by atoms with van der Waals surface area (Å²) < 4.78 is 32.5. The SMILES string of the molecule is O=C(Nc1cccc(S(=O)(=O)N2CCOCC2)c1)N1CCCN(Cc2ccccc2)CC1. The molecule has 4 rings (SSSR count). The molecule has 9 heteroatoms. The Kier molecular flexibility index (Phi) is 7.41. The van der Waals surface area contributed by atoms with Crippen molar-refractivity contribution in [2.75, 3.05) is 57.8 Å². The van der Waals surface area contributed by atoms with Gasteiger partial charge in [0.05, 0.1) is 18.1 Å². The van der Waals surface area contributed by atoms with Crippen molar-refractivity contribution in [3.63, 3.8) is 0 Å². The number of hydrogen-bond acceptors (Lipinski definition) is 5. The van der Waals surface area contributed by atoms with Crippen LogP contribution in [0.2, 0.25) is 0 Å². The summed E-state index contributed by atoms with van der Waals surface area (Å²) in [7, 11) is -3.61. The highest BCUT2D eigenvalue weighted by Gasteiger charge is 2.27. The van der Waals surface area contributed by atoms with Crippen LogP contribution in [0.15, 0.2) is 59.5 Å². The van der Waals surface area contributed by atoms with E-state index in [1.807, 2.05) is 18.2 Å². The van der Waals surface area contributed by atoms with E-state index in [0.717, 1.165) is 26.1 Å². The van der Waals surface area contributed by atoms with Crippen LogP contribution in [0.25, 0.3) is 0 Å². The summed E-state index contributed by atoms with van der Waals surface area (Å²) in [4.78, 5) is 17.2. The number of benzene rings is 2. The van der Waals surface area contributed by atoms with E-state index in [1.54, 1.807) is 23.1 Å². The van der Waals surface area contributed by atoms with Gasteiger partial charge in [-0.05, 0) is 30.2 Å². The Bertz CT molecular complexity index is 1010. The third-order valence-corrected chi connectivity index (χ3v) is 7.71. The van der Waals surface area contributed by atoms with Crippen molar-refractivity contribution in [3.05, 3.63) is 60.2 Å². The lowest BCUT2D eigenvalue weighted by Gasteiger charge is -2.26. The summed E-state index contributed by atoms with van der Waals surface area (Å²) in [5, 5.41) is 2.88. The van der Waals surface area contributed by atoms with Gasteiger partial charge < -0.3 is 15.0 Å². The Morgan fingerprint density at radius 3 is 2.47 bits per heavy atom. The minimum atomic E-state index is -3.61. The van der Waals surface area contributed by atoms with Gasteiger partial charge in [0.2, 0.25) is 10.0 Å². The van der Waals surface area contributed by atoms with Crippen molar-refractivity contribution in [2.24, 2.45) is 0 Å². The van der Waals surface area contributed by atoms with Crippen LogP contribution in [0.5, 0.6) is 0 Å². The van der Waals surface area contributed by atoms with Crippen molar-refractivity contribution in [1.82, 2.24) is 14.1 Å². The van der Waals surface area contributed by atoms with Crippen LogP contribution in [0.3, 0.4) is 0 Å². The second kappa shape index (κ2) is 10.4. The summed E-state index contributed by atoms with van der Waals surface area (Å²) in [6.07, 6.45) is 0.895. The Labute approximate surface area is 189 Å². The second-order valence-electron chi connectivity index (χ2n) is 8.08. The molecule has 2 fully saturated rings. The first kappa shape index (κ1) is 22.7. The number of carbonyl (C=O) groups is 1. The lowest BCUT2D eigenvalue weighted by atomic mass is 10.2. The first-order valence-corrected chi connectivity index (χ1v) is 12.5. The second-order valence-corrected chi connectivity index (χ2v) is 10.0. The Morgan fingerprint density at radius 1 is 0.906 bits per heavy atom. The maximum absolute atomic E-state index is 12.9. The minimum absolute atomic E-state index is 0.183. The van der Waals surface area contributed by atoms with E-state index >= 15 is 0 Å². The molecule has 0 spiro atoms. The molecule has 1 N–H and O–H groups in total. The van der Waals surface area contributed by atoms with Gasteiger partial charge in [-0.25, -0.2) is 13.2 Å². The summed E-state index contributed by atoms with van der Waals surface area (Å²) in [5.41, 5.74) is 1.75. The predicted octanol–water partition coefficient (Wildman–Crippen LogP) is 2.45. The summed E-state index contributed by atoms with van der Waals surface area (Å²) in [6, 6.07) is 16.6. The van der Waals surface area contributed by atoms with Crippen LogP contribution in [0.4, 0.5) is 10.5 Å². The molecule has 2 aliphatic rings. The van der Waals surface area contributed by atoms with Crippen molar-refractivity contribution < 1.29 is 17.9 Å². The molecule has 2 heterocycles. The van der Waals surface area contributed by atoms with E-state index in [4.69, 9.17) is 4.74 Å². The molecule has 172 valence electrons. The summed E-state index contributed by atoms with van der Waals surface area (Å²) in [5.74, 6) is 0. The highest BCUT2D eigenvalue weighted by atomic mass is 32.2. The molecule has 0 bridgehead atoms. The Hall–Kier alpha value is -2.46. The molecule has 0 radical (unpaired) electrons. The fourth-order valence-electron chi connectivity index (χ4n) is 4.05. The molecule has 0 unspecified atom stereocenters. The maximum Gasteiger partial charge on any atom is 0.321 e.